The Balaban J connectivity index is 2.37. The number of rotatable bonds is 3. The number of para-hydroxylation sites is 2. The summed E-state index contributed by atoms with van der Waals surface area (Å²) in [5, 5.41) is 3.73. The van der Waals surface area contributed by atoms with Gasteiger partial charge in [-0.25, -0.2) is 4.98 Å². The second-order valence-electron chi connectivity index (χ2n) is 3.87. The van der Waals surface area contributed by atoms with Gasteiger partial charge in [0.1, 0.15) is 5.02 Å². The lowest BCUT2D eigenvalue weighted by atomic mass is 10.2. The molecule has 1 aromatic heterocycles. The van der Waals surface area contributed by atoms with Gasteiger partial charge in [-0.15, -0.1) is 0 Å². The summed E-state index contributed by atoms with van der Waals surface area (Å²) in [6.07, 6.45) is 1.47. The SMILES string of the molecule is CN(C)c1ccccc1Nc1nc(Cl)ncc1Cl. The zero-order valence-electron chi connectivity index (χ0n) is 9.98. The fraction of sp³-hybridized carbons (Fsp3) is 0.167. The minimum absolute atomic E-state index is 0.157. The zero-order valence-corrected chi connectivity index (χ0v) is 11.5. The van der Waals surface area contributed by atoms with Crippen molar-refractivity contribution in [3.8, 4) is 0 Å². The maximum absolute atomic E-state index is 6.02. The summed E-state index contributed by atoms with van der Waals surface area (Å²) in [5.74, 6) is 0.492. The van der Waals surface area contributed by atoms with Crippen LogP contribution in [0.5, 0.6) is 0 Å². The minimum Gasteiger partial charge on any atom is -0.376 e. The summed E-state index contributed by atoms with van der Waals surface area (Å²) in [6, 6.07) is 7.85. The molecule has 6 heteroatoms. The molecule has 18 heavy (non-hydrogen) atoms. The Morgan fingerprint density at radius 1 is 1.17 bits per heavy atom. The van der Waals surface area contributed by atoms with Crippen molar-refractivity contribution in [1.29, 1.82) is 0 Å². The first-order valence-corrected chi connectivity index (χ1v) is 6.05. The Morgan fingerprint density at radius 3 is 2.61 bits per heavy atom. The standard InChI is InChI=1S/C12H12Cl2N4/c1-18(2)10-6-4-3-5-9(10)16-11-8(13)7-15-12(14)17-11/h3-7H,1-2H3,(H,15,16,17). The number of hydrogen-bond donors (Lipinski definition) is 1. The van der Waals surface area contributed by atoms with Gasteiger partial charge in [0.05, 0.1) is 17.6 Å². The molecular weight excluding hydrogens is 271 g/mol. The number of hydrogen-bond acceptors (Lipinski definition) is 4. The minimum atomic E-state index is 0.157. The predicted molar refractivity (Wildman–Crippen MR) is 76.1 cm³/mol. The van der Waals surface area contributed by atoms with Gasteiger partial charge >= 0.3 is 0 Å². The number of benzene rings is 1. The van der Waals surface area contributed by atoms with Crippen LogP contribution >= 0.6 is 23.2 Å². The molecule has 2 aromatic rings. The summed E-state index contributed by atoms with van der Waals surface area (Å²) < 4.78 is 0. The average Bonchev–Trinajstić information content (AvgIpc) is 2.34. The van der Waals surface area contributed by atoms with E-state index in [2.05, 4.69) is 15.3 Å². The first-order chi connectivity index (χ1) is 8.58. The Kier molecular flexibility index (Phi) is 3.89. The summed E-state index contributed by atoms with van der Waals surface area (Å²) in [4.78, 5) is 9.87. The third-order valence-electron chi connectivity index (χ3n) is 2.35. The number of nitrogens with zero attached hydrogens (tertiary/aromatic N) is 3. The first-order valence-electron chi connectivity index (χ1n) is 5.29. The van der Waals surface area contributed by atoms with Crippen molar-refractivity contribution in [2.24, 2.45) is 0 Å². The van der Waals surface area contributed by atoms with E-state index in [0.29, 0.717) is 10.8 Å². The second-order valence-corrected chi connectivity index (χ2v) is 4.62. The van der Waals surface area contributed by atoms with Gasteiger partial charge in [0.25, 0.3) is 0 Å². The molecule has 1 N–H and O–H groups in total. The average molecular weight is 283 g/mol. The molecule has 0 atom stereocenters. The van der Waals surface area contributed by atoms with Crippen LogP contribution < -0.4 is 10.2 Å². The highest BCUT2D eigenvalue weighted by molar-refractivity contribution is 6.33. The van der Waals surface area contributed by atoms with E-state index in [1.165, 1.54) is 6.20 Å². The van der Waals surface area contributed by atoms with E-state index in [0.717, 1.165) is 11.4 Å². The molecule has 0 bridgehead atoms. The molecule has 0 aliphatic heterocycles. The molecule has 0 aliphatic carbocycles. The summed E-state index contributed by atoms with van der Waals surface area (Å²) in [7, 11) is 3.93. The van der Waals surface area contributed by atoms with Crippen molar-refractivity contribution in [3.63, 3.8) is 0 Å². The summed E-state index contributed by atoms with van der Waals surface area (Å²) >= 11 is 11.8. The highest BCUT2D eigenvalue weighted by Crippen LogP contribution is 2.29. The molecule has 2 rings (SSSR count). The van der Waals surface area contributed by atoms with E-state index in [4.69, 9.17) is 23.2 Å². The monoisotopic (exact) mass is 282 g/mol. The van der Waals surface area contributed by atoms with Crippen LogP contribution in [0.3, 0.4) is 0 Å². The number of aromatic nitrogens is 2. The van der Waals surface area contributed by atoms with Crippen LogP contribution in [-0.2, 0) is 0 Å². The first kappa shape index (κ1) is 12.9. The number of nitrogens with one attached hydrogen (secondary N) is 1. The maximum atomic E-state index is 6.02. The van der Waals surface area contributed by atoms with Gasteiger partial charge in [0.2, 0.25) is 5.28 Å². The Morgan fingerprint density at radius 2 is 1.89 bits per heavy atom. The molecule has 94 valence electrons. The lowest BCUT2D eigenvalue weighted by Crippen LogP contribution is -2.11. The third-order valence-corrected chi connectivity index (χ3v) is 2.81. The van der Waals surface area contributed by atoms with Crippen molar-refractivity contribution >= 4 is 40.4 Å². The second kappa shape index (κ2) is 5.42. The van der Waals surface area contributed by atoms with E-state index in [9.17, 15) is 0 Å². The van der Waals surface area contributed by atoms with E-state index in [-0.39, 0.29) is 5.28 Å². The van der Waals surface area contributed by atoms with Crippen LogP contribution in [0, 0.1) is 0 Å². The van der Waals surface area contributed by atoms with Crippen molar-refractivity contribution in [2.45, 2.75) is 0 Å². The van der Waals surface area contributed by atoms with E-state index >= 15 is 0 Å². The maximum Gasteiger partial charge on any atom is 0.224 e. The molecule has 0 spiro atoms. The van der Waals surface area contributed by atoms with E-state index in [1.807, 2.05) is 43.3 Å². The van der Waals surface area contributed by atoms with Crippen molar-refractivity contribution in [3.05, 3.63) is 40.8 Å². The van der Waals surface area contributed by atoms with Crippen LogP contribution in [0.4, 0.5) is 17.2 Å². The van der Waals surface area contributed by atoms with Gasteiger partial charge in [-0.05, 0) is 23.7 Å². The van der Waals surface area contributed by atoms with Gasteiger partial charge in [0, 0.05) is 14.1 Å². The van der Waals surface area contributed by atoms with Gasteiger partial charge < -0.3 is 10.2 Å². The molecule has 0 saturated heterocycles. The Hall–Kier alpha value is -1.52. The number of halogens is 2. The largest absolute Gasteiger partial charge is 0.376 e. The van der Waals surface area contributed by atoms with Gasteiger partial charge in [-0.1, -0.05) is 23.7 Å². The van der Waals surface area contributed by atoms with Crippen LogP contribution in [0.25, 0.3) is 0 Å². The number of anilines is 3. The van der Waals surface area contributed by atoms with Crippen molar-refractivity contribution in [2.75, 3.05) is 24.3 Å². The molecule has 0 fully saturated rings. The van der Waals surface area contributed by atoms with Gasteiger partial charge in [-0.3, -0.25) is 0 Å². The fourth-order valence-corrected chi connectivity index (χ4v) is 1.80. The highest BCUT2D eigenvalue weighted by Gasteiger charge is 2.08. The van der Waals surface area contributed by atoms with Crippen molar-refractivity contribution < 1.29 is 0 Å². The smallest absolute Gasteiger partial charge is 0.224 e. The molecule has 0 unspecified atom stereocenters. The lowest BCUT2D eigenvalue weighted by molar-refractivity contribution is 1.13. The predicted octanol–water partition coefficient (Wildman–Crippen LogP) is 3.59. The van der Waals surface area contributed by atoms with Gasteiger partial charge in [-0.2, -0.15) is 4.98 Å². The lowest BCUT2D eigenvalue weighted by Gasteiger charge is -2.18. The molecule has 0 saturated carbocycles. The summed E-state index contributed by atoms with van der Waals surface area (Å²) in [6.45, 7) is 0. The van der Waals surface area contributed by atoms with Gasteiger partial charge in [0.15, 0.2) is 5.82 Å². The van der Waals surface area contributed by atoms with Crippen LogP contribution in [0.2, 0.25) is 10.3 Å². The highest BCUT2D eigenvalue weighted by atomic mass is 35.5. The van der Waals surface area contributed by atoms with E-state index < -0.39 is 0 Å². The van der Waals surface area contributed by atoms with Crippen molar-refractivity contribution in [1.82, 2.24) is 9.97 Å². The van der Waals surface area contributed by atoms with Crippen LogP contribution in [0.15, 0.2) is 30.5 Å². The zero-order chi connectivity index (χ0) is 13.1. The fourth-order valence-electron chi connectivity index (χ4n) is 1.53. The normalized spacial score (nSPS) is 10.2. The molecule has 4 nitrogen and oxygen atoms in total. The Bertz CT molecular complexity index is 558. The third kappa shape index (κ3) is 2.83. The molecular formula is C12H12Cl2N4. The molecule has 0 aliphatic rings. The molecule has 0 amide bonds. The van der Waals surface area contributed by atoms with E-state index in [1.54, 1.807) is 0 Å². The topological polar surface area (TPSA) is 41.0 Å². The molecule has 1 aromatic carbocycles. The van der Waals surface area contributed by atoms with Crippen LogP contribution in [0.1, 0.15) is 0 Å². The van der Waals surface area contributed by atoms with Crippen LogP contribution in [-0.4, -0.2) is 24.1 Å². The Labute approximate surface area is 116 Å². The quantitative estimate of drug-likeness (QED) is 0.874. The summed E-state index contributed by atoms with van der Waals surface area (Å²) in [5.41, 5.74) is 1.93. The molecule has 1 heterocycles. The molecule has 0 radical (unpaired) electrons.